The van der Waals surface area contributed by atoms with Gasteiger partial charge in [-0.1, -0.05) is 18.2 Å². The van der Waals surface area contributed by atoms with Crippen LogP contribution in [0, 0.1) is 0 Å². The number of piperidine rings is 1. The Balaban J connectivity index is 1.78. The van der Waals surface area contributed by atoms with Crippen LogP contribution in [-0.4, -0.2) is 36.6 Å². The number of benzene rings is 1. The zero-order chi connectivity index (χ0) is 14.2. The third-order valence-corrected chi connectivity index (χ3v) is 4.18. The van der Waals surface area contributed by atoms with Gasteiger partial charge in [-0.3, -0.25) is 4.79 Å². The van der Waals surface area contributed by atoms with E-state index in [1.165, 1.54) is 0 Å². The van der Waals surface area contributed by atoms with Crippen LogP contribution in [0.1, 0.15) is 35.7 Å². The van der Waals surface area contributed by atoms with Gasteiger partial charge in [0.05, 0.1) is 12.1 Å². The third-order valence-electron chi connectivity index (χ3n) is 4.18. The maximum absolute atomic E-state index is 12.0. The van der Waals surface area contributed by atoms with Gasteiger partial charge in [0.2, 0.25) is 0 Å². The topological polar surface area (TPSA) is 58.6 Å². The number of nitrogens with zero attached hydrogens (tertiary/aromatic N) is 1. The van der Waals surface area contributed by atoms with Crippen LogP contribution in [0.25, 0.3) is 0 Å². The van der Waals surface area contributed by atoms with Gasteiger partial charge in [0, 0.05) is 18.7 Å². The number of rotatable bonds is 1. The van der Waals surface area contributed by atoms with E-state index in [-0.39, 0.29) is 17.5 Å². The summed E-state index contributed by atoms with van der Waals surface area (Å²) in [6.07, 6.45) is 1.20. The largest absolute Gasteiger partial charge is 0.450 e. The summed E-state index contributed by atoms with van der Waals surface area (Å²) >= 11 is 0. The molecule has 2 heterocycles. The number of amides is 2. The second kappa shape index (κ2) is 4.81. The highest BCUT2D eigenvalue weighted by molar-refractivity contribution is 6.00. The number of nitrogens with one attached hydrogen (secondary N) is 1. The molecule has 0 radical (unpaired) electrons. The highest BCUT2D eigenvalue weighted by atomic mass is 16.6. The van der Waals surface area contributed by atoms with E-state index in [4.69, 9.17) is 4.74 Å². The first-order chi connectivity index (χ1) is 9.66. The summed E-state index contributed by atoms with van der Waals surface area (Å²) in [5.41, 5.74) is 1.52. The SMILES string of the molecule is CCOC(=O)N1CCC2(CC1)NC(=O)c1ccccc12. The lowest BCUT2D eigenvalue weighted by atomic mass is 9.82. The summed E-state index contributed by atoms with van der Waals surface area (Å²) in [7, 11) is 0. The van der Waals surface area contributed by atoms with Gasteiger partial charge in [0.25, 0.3) is 5.91 Å². The van der Waals surface area contributed by atoms with Crippen molar-refractivity contribution in [3.05, 3.63) is 35.4 Å². The molecule has 2 aliphatic rings. The highest BCUT2D eigenvalue weighted by Gasteiger charge is 2.45. The molecule has 0 saturated carbocycles. The Morgan fingerprint density at radius 2 is 2.05 bits per heavy atom. The Morgan fingerprint density at radius 1 is 1.35 bits per heavy atom. The second-order valence-electron chi connectivity index (χ2n) is 5.27. The average molecular weight is 274 g/mol. The second-order valence-corrected chi connectivity index (χ2v) is 5.27. The molecule has 0 bridgehead atoms. The number of fused-ring (bicyclic) bond motifs is 2. The summed E-state index contributed by atoms with van der Waals surface area (Å²) in [5, 5.41) is 3.11. The van der Waals surface area contributed by atoms with Crippen molar-refractivity contribution >= 4 is 12.0 Å². The lowest BCUT2D eigenvalue weighted by Crippen LogP contribution is -2.50. The van der Waals surface area contributed by atoms with Gasteiger partial charge in [-0.2, -0.15) is 0 Å². The standard InChI is InChI=1S/C15H18N2O3/c1-2-20-14(19)17-9-7-15(8-10-17)12-6-4-3-5-11(12)13(18)16-15/h3-6H,2,7-10H2,1H3,(H,16,18). The maximum Gasteiger partial charge on any atom is 0.409 e. The van der Waals surface area contributed by atoms with Crippen LogP contribution in [0.2, 0.25) is 0 Å². The first-order valence-corrected chi connectivity index (χ1v) is 7.00. The molecule has 106 valence electrons. The molecule has 1 fully saturated rings. The molecule has 5 nitrogen and oxygen atoms in total. The predicted octanol–water partition coefficient (Wildman–Crippen LogP) is 1.88. The van der Waals surface area contributed by atoms with Crippen molar-refractivity contribution in [2.75, 3.05) is 19.7 Å². The molecule has 1 saturated heterocycles. The predicted molar refractivity (Wildman–Crippen MR) is 73.4 cm³/mol. The van der Waals surface area contributed by atoms with Crippen molar-refractivity contribution in [3.63, 3.8) is 0 Å². The van der Waals surface area contributed by atoms with Crippen molar-refractivity contribution in [2.45, 2.75) is 25.3 Å². The molecule has 20 heavy (non-hydrogen) atoms. The van der Waals surface area contributed by atoms with Crippen molar-refractivity contribution in [3.8, 4) is 0 Å². The first kappa shape index (κ1) is 13.0. The Labute approximate surface area is 117 Å². The van der Waals surface area contributed by atoms with E-state index >= 15 is 0 Å². The molecule has 0 aliphatic carbocycles. The Kier molecular flexibility index (Phi) is 3.12. The lowest BCUT2D eigenvalue weighted by molar-refractivity contribution is 0.0755. The van der Waals surface area contributed by atoms with E-state index < -0.39 is 0 Å². The van der Waals surface area contributed by atoms with Crippen LogP contribution < -0.4 is 5.32 Å². The van der Waals surface area contributed by atoms with Crippen LogP contribution in [0.4, 0.5) is 4.79 Å². The molecule has 0 unspecified atom stereocenters. The Morgan fingerprint density at radius 3 is 2.75 bits per heavy atom. The maximum atomic E-state index is 12.0. The zero-order valence-corrected chi connectivity index (χ0v) is 11.5. The van der Waals surface area contributed by atoms with Crippen LogP contribution in [0.15, 0.2) is 24.3 Å². The molecule has 2 aliphatic heterocycles. The van der Waals surface area contributed by atoms with Gasteiger partial charge < -0.3 is 15.0 Å². The van der Waals surface area contributed by atoms with Crippen LogP contribution in [0.3, 0.4) is 0 Å². The molecule has 1 N–H and O–H groups in total. The summed E-state index contributed by atoms with van der Waals surface area (Å²) in [4.78, 5) is 25.5. The van der Waals surface area contributed by atoms with Crippen molar-refractivity contribution in [1.29, 1.82) is 0 Å². The number of hydrogen-bond acceptors (Lipinski definition) is 3. The van der Waals surface area contributed by atoms with Gasteiger partial charge >= 0.3 is 6.09 Å². The summed E-state index contributed by atoms with van der Waals surface area (Å²) in [6, 6.07) is 7.70. The molecule has 1 aromatic rings. The van der Waals surface area contributed by atoms with E-state index in [0.717, 1.165) is 24.0 Å². The summed E-state index contributed by atoms with van der Waals surface area (Å²) in [5.74, 6) is -0.00909. The van der Waals surface area contributed by atoms with Crippen LogP contribution >= 0.6 is 0 Å². The van der Waals surface area contributed by atoms with Crippen molar-refractivity contribution in [2.24, 2.45) is 0 Å². The molecule has 1 spiro atoms. The normalized spacial score (nSPS) is 19.6. The molecule has 1 aromatic carbocycles. The van der Waals surface area contributed by atoms with Crippen LogP contribution in [0.5, 0.6) is 0 Å². The minimum atomic E-state index is -0.309. The number of carbonyl (C=O) groups excluding carboxylic acids is 2. The van der Waals surface area contributed by atoms with E-state index in [1.807, 2.05) is 24.3 Å². The van der Waals surface area contributed by atoms with Gasteiger partial charge in [-0.25, -0.2) is 4.79 Å². The molecular formula is C15H18N2O3. The van der Waals surface area contributed by atoms with Crippen molar-refractivity contribution in [1.82, 2.24) is 10.2 Å². The number of carbonyl (C=O) groups is 2. The average Bonchev–Trinajstić information content (AvgIpc) is 2.74. The summed E-state index contributed by atoms with van der Waals surface area (Å²) in [6.45, 7) is 3.40. The monoisotopic (exact) mass is 274 g/mol. The molecule has 5 heteroatoms. The minimum Gasteiger partial charge on any atom is -0.450 e. The van der Waals surface area contributed by atoms with E-state index in [2.05, 4.69) is 5.32 Å². The number of likely N-dealkylation sites (tertiary alicyclic amines) is 1. The Hall–Kier alpha value is -2.04. The fraction of sp³-hybridized carbons (Fsp3) is 0.467. The minimum absolute atomic E-state index is 0.00909. The molecule has 0 aromatic heterocycles. The fourth-order valence-corrected chi connectivity index (χ4v) is 3.13. The van der Waals surface area contributed by atoms with Crippen LogP contribution in [-0.2, 0) is 10.3 Å². The Bertz CT molecular complexity index is 548. The zero-order valence-electron chi connectivity index (χ0n) is 11.5. The first-order valence-electron chi connectivity index (χ1n) is 7.00. The van der Waals surface area contributed by atoms with E-state index in [0.29, 0.717) is 19.7 Å². The fourth-order valence-electron chi connectivity index (χ4n) is 3.13. The van der Waals surface area contributed by atoms with Gasteiger partial charge in [-0.05, 0) is 31.4 Å². The smallest absolute Gasteiger partial charge is 0.409 e. The van der Waals surface area contributed by atoms with E-state index in [9.17, 15) is 9.59 Å². The third kappa shape index (κ3) is 1.94. The van der Waals surface area contributed by atoms with Gasteiger partial charge in [0.1, 0.15) is 0 Å². The highest BCUT2D eigenvalue weighted by Crippen LogP contribution is 2.39. The quantitative estimate of drug-likeness (QED) is 0.850. The molecule has 3 rings (SSSR count). The molecule has 0 atom stereocenters. The van der Waals surface area contributed by atoms with Gasteiger partial charge in [0.15, 0.2) is 0 Å². The van der Waals surface area contributed by atoms with Gasteiger partial charge in [-0.15, -0.1) is 0 Å². The number of hydrogen-bond donors (Lipinski definition) is 1. The lowest BCUT2D eigenvalue weighted by Gasteiger charge is -2.39. The molecule has 2 amide bonds. The van der Waals surface area contributed by atoms with E-state index in [1.54, 1.807) is 11.8 Å². The number of ether oxygens (including phenoxy) is 1. The molecular weight excluding hydrogens is 256 g/mol. The summed E-state index contributed by atoms with van der Waals surface area (Å²) < 4.78 is 5.02. The van der Waals surface area contributed by atoms with Crippen molar-refractivity contribution < 1.29 is 14.3 Å².